The second-order valence-electron chi connectivity index (χ2n) is 11.8. The van der Waals surface area contributed by atoms with Gasteiger partial charge in [0, 0.05) is 87.9 Å². The van der Waals surface area contributed by atoms with Crippen molar-refractivity contribution in [3.05, 3.63) is 60.3 Å². The Morgan fingerprint density at radius 1 is 0.952 bits per heavy atom. The van der Waals surface area contributed by atoms with Gasteiger partial charge < -0.3 is 34.4 Å². The van der Waals surface area contributed by atoms with Gasteiger partial charge in [-0.05, 0) is 80.3 Å². The van der Waals surface area contributed by atoms with E-state index in [0.29, 0.717) is 5.92 Å². The molecule has 42 heavy (non-hydrogen) atoms. The number of pyridine rings is 1. The highest BCUT2D eigenvalue weighted by Crippen LogP contribution is 2.34. The molecule has 2 amide bonds. The van der Waals surface area contributed by atoms with Crippen molar-refractivity contribution >= 4 is 28.3 Å². The van der Waals surface area contributed by atoms with Gasteiger partial charge in [0.2, 0.25) is 0 Å². The number of nitrogens with one attached hydrogen (secondary N) is 1. The minimum atomic E-state index is -0.0263. The molecule has 1 aromatic heterocycles. The van der Waals surface area contributed by atoms with Crippen molar-refractivity contribution in [2.24, 2.45) is 0 Å². The summed E-state index contributed by atoms with van der Waals surface area (Å²) in [6, 6.07) is 16.6. The van der Waals surface area contributed by atoms with Crippen LogP contribution < -0.4 is 15.0 Å². The quantitative estimate of drug-likeness (QED) is 0.399. The van der Waals surface area contributed by atoms with E-state index >= 15 is 0 Å². The van der Waals surface area contributed by atoms with E-state index < -0.39 is 0 Å². The van der Waals surface area contributed by atoms with Gasteiger partial charge in [0.1, 0.15) is 5.75 Å². The first-order valence-electron chi connectivity index (χ1n) is 15.5. The van der Waals surface area contributed by atoms with E-state index in [1.807, 2.05) is 23.2 Å². The predicted octanol–water partition coefficient (Wildman–Crippen LogP) is 4.50. The Morgan fingerprint density at radius 2 is 1.71 bits per heavy atom. The van der Waals surface area contributed by atoms with Gasteiger partial charge in [-0.1, -0.05) is 0 Å². The lowest BCUT2D eigenvalue weighted by Crippen LogP contribution is -2.44. The van der Waals surface area contributed by atoms with E-state index in [1.165, 1.54) is 16.6 Å². The number of hydrogen-bond acceptors (Lipinski definition) is 7. The molecule has 3 aromatic rings. The average Bonchev–Trinajstić information content (AvgIpc) is 3.04. The van der Waals surface area contributed by atoms with E-state index in [2.05, 4.69) is 68.4 Å². The lowest BCUT2D eigenvalue weighted by molar-refractivity contribution is 0.122. The van der Waals surface area contributed by atoms with E-state index in [0.717, 1.165) is 115 Å². The number of carbonyl (C=O) groups excluding carboxylic acids is 1. The summed E-state index contributed by atoms with van der Waals surface area (Å²) in [5.41, 5.74) is 4.29. The largest absolute Gasteiger partial charge is 0.493 e. The molecular weight excluding hydrogens is 528 g/mol. The van der Waals surface area contributed by atoms with Crippen LogP contribution in [-0.2, 0) is 4.74 Å². The van der Waals surface area contributed by atoms with Crippen LogP contribution in [0.1, 0.15) is 30.7 Å². The first kappa shape index (κ1) is 28.7. The zero-order valence-corrected chi connectivity index (χ0v) is 24.8. The van der Waals surface area contributed by atoms with Gasteiger partial charge in [0.25, 0.3) is 0 Å². The molecule has 0 saturated carbocycles. The third kappa shape index (κ3) is 7.14. The number of nitrogens with zero attached hydrogens (tertiary/aromatic N) is 5. The molecule has 0 aliphatic carbocycles. The molecule has 3 aliphatic heterocycles. The number of aromatic nitrogens is 1. The fourth-order valence-electron chi connectivity index (χ4n) is 6.32. The predicted molar refractivity (Wildman–Crippen MR) is 168 cm³/mol. The standard InChI is InChI=1S/C33H44N6O3/c1-36-16-18-37(19-17-36)13-2-22-42-29-7-8-31-30(9-12-34-32(31)25-29)26-10-14-39(15-11-26)33(40)35-27-3-5-28(6-4-27)38-20-23-41-24-21-38/h3-9,12,25-26H,2,10-11,13-24H2,1H3,(H,35,40). The first-order chi connectivity index (χ1) is 20.6. The van der Waals surface area contributed by atoms with Gasteiger partial charge in [0.15, 0.2) is 0 Å². The van der Waals surface area contributed by atoms with Crippen LogP contribution in [0, 0.1) is 0 Å². The summed E-state index contributed by atoms with van der Waals surface area (Å²) in [6.07, 6.45) is 4.82. The van der Waals surface area contributed by atoms with Crippen LogP contribution >= 0.6 is 0 Å². The van der Waals surface area contributed by atoms with Crippen molar-refractivity contribution < 1.29 is 14.3 Å². The Labute approximate surface area is 249 Å². The molecule has 6 rings (SSSR count). The van der Waals surface area contributed by atoms with E-state index in [-0.39, 0.29) is 6.03 Å². The second-order valence-corrected chi connectivity index (χ2v) is 11.8. The molecule has 9 nitrogen and oxygen atoms in total. The molecule has 3 saturated heterocycles. The number of amides is 2. The third-order valence-electron chi connectivity index (χ3n) is 8.95. The van der Waals surface area contributed by atoms with Crippen LogP contribution in [0.2, 0.25) is 0 Å². The topological polar surface area (TPSA) is 73.4 Å². The number of carbonyl (C=O) groups is 1. The van der Waals surface area contributed by atoms with Crippen LogP contribution in [0.3, 0.4) is 0 Å². The molecule has 0 radical (unpaired) electrons. The summed E-state index contributed by atoms with van der Waals surface area (Å²) >= 11 is 0. The summed E-state index contributed by atoms with van der Waals surface area (Å²) in [4.78, 5) is 26.8. The number of rotatable bonds is 8. The van der Waals surface area contributed by atoms with E-state index in [4.69, 9.17) is 9.47 Å². The van der Waals surface area contributed by atoms with Crippen LogP contribution in [0.15, 0.2) is 54.7 Å². The summed E-state index contributed by atoms with van der Waals surface area (Å²) < 4.78 is 11.5. The maximum atomic E-state index is 13.0. The minimum absolute atomic E-state index is 0.0263. The van der Waals surface area contributed by atoms with Crippen molar-refractivity contribution in [2.75, 3.05) is 96.0 Å². The maximum absolute atomic E-state index is 13.0. The average molecular weight is 573 g/mol. The fourth-order valence-corrected chi connectivity index (χ4v) is 6.32. The molecule has 1 N–H and O–H groups in total. The number of anilines is 2. The highest BCUT2D eigenvalue weighted by atomic mass is 16.5. The molecule has 3 fully saturated rings. The number of morpholine rings is 1. The number of piperidine rings is 1. The number of piperazine rings is 1. The molecular formula is C33H44N6O3. The normalized spacial score (nSPS) is 19.3. The van der Waals surface area contributed by atoms with Crippen molar-refractivity contribution in [2.45, 2.75) is 25.2 Å². The highest BCUT2D eigenvalue weighted by Gasteiger charge is 2.25. The number of ether oxygens (including phenoxy) is 2. The Kier molecular flexibility index (Phi) is 9.37. The smallest absolute Gasteiger partial charge is 0.321 e. The van der Waals surface area contributed by atoms with Crippen LogP contribution in [0.5, 0.6) is 5.75 Å². The highest BCUT2D eigenvalue weighted by molar-refractivity contribution is 5.89. The molecule has 4 heterocycles. The zero-order chi connectivity index (χ0) is 28.7. The molecule has 0 atom stereocenters. The molecule has 224 valence electrons. The van der Waals surface area contributed by atoms with Gasteiger partial charge in [-0.25, -0.2) is 4.79 Å². The Morgan fingerprint density at radius 3 is 2.48 bits per heavy atom. The first-order valence-corrected chi connectivity index (χ1v) is 15.5. The summed E-state index contributed by atoms with van der Waals surface area (Å²) in [7, 11) is 2.19. The number of hydrogen-bond donors (Lipinski definition) is 1. The second kappa shape index (κ2) is 13.7. The lowest BCUT2D eigenvalue weighted by Gasteiger charge is -2.33. The van der Waals surface area contributed by atoms with Crippen molar-refractivity contribution in [3.63, 3.8) is 0 Å². The van der Waals surface area contributed by atoms with E-state index in [9.17, 15) is 4.79 Å². The molecule has 3 aliphatic rings. The minimum Gasteiger partial charge on any atom is -0.493 e. The summed E-state index contributed by atoms with van der Waals surface area (Å²) in [6.45, 7) is 11.2. The lowest BCUT2D eigenvalue weighted by atomic mass is 9.87. The Balaban J connectivity index is 0.984. The Bertz CT molecular complexity index is 1310. The molecule has 9 heteroatoms. The Hall–Kier alpha value is -3.40. The monoisotopic (exact) mass is 572 g/mol. The van der Waals surface area contributed by atoms with Gasteiger partial charge in [-0.15, -0.1) is 0 Å². The summed E-state index contributed by atoms with van der Waals surface area (Å²) in [5.74, 6) is 1.29. The van der Waals surface area contributed by atoms with Gasteiger partial charge in [-0.2, -0.15) is 0 Å². The summed E-state index contributed by atoms with van der Waals surface area (Å²) in [5, 5.41) is 4.27. The number of likely N-dealkylation sites (tertiary alicyclic amines) is 1. The van der Waals surface area contributed by atoms with Gasteiger partial charge in [-0.3, -0.25) is 4.98 Å². The number of urea groups is 1. The number of benzene rings is 2. The third-order valence-corrected chi connectivity index (χ3v) is 8.95. The zero-order valence-electron chi connectivity index (χ0n) is 24.8. The van der Waals surface area contributed by atoms with Crippen LogP contribution in [-0.4, -0.2) is 111 Å². The maximum Gasteiger partial charge on any atom is 0.321 e. The van der Waals surface area contributed by atoms with Crippen LogP contribution in [0.4, 0.5) is 16.2 Å². The molecule has 2 aromatic carbocycles. The fraction of sp³-hybridized carbons (Fsp3) is 0.515. The van der Waals surface area contributed by atoms with E-state index in [1.54, 1.807) is 0 Å². The van der Waals surface area contributed by atoms with Crippen molar-refractivity contribution in [3.8, 4) is 5.75 Å². The van der Waals surface area contributed by atoms with Crippen molar-refractivity contribution in [1.29, 1.82) is 0 Å². The van der Waals surface area contributed by atoms with Crippen LogP contribution in [0.25, 0.3) is 10.9 Å². The van der Waals surface area contributed by atoms with Gasteiger partial charge >= 0.3 is 6.03 Å². The number of fused-ring (bicyclic) bond motifs is 1. The number of likely N-dealkylation sites (N-methyl/N-ethyl adjacent to an activating group) is 1. The van der Waals surface area contributed by atoms with Crippen molar-refractivity contribution in [1.82, 2.24) is 19.7 Å². The molecule has 0 bridgehead atoms. The molecule has 0 unspecified atom stereocenters. The SMILES string of the molecule is CN1CCN(CCCOc2ccc3c(C4CCN(C(=O)Nc5ccc(N6CCOCC6)cc5)CC4)ccnc3c2)CC1. The molecule has 0 spiro atoms. The van der Waals surface area contributed by atoms with Gasteiger partial charge in [0.05, 0.1) is 25.3 Å².